The minimum Gasteiger partial charge on any atom is -0.333 e. The molecule has 4 nitrogen and oxygen atoms in total. The fourth-order valence-electron chi connectivity index (χ4n) is 3.95. The Morgan fingerprint density at radius 3 is 2.59 bits per heavy atom. The summed E-state index contributed by atoms with van der Waals surface area (Å²) in [7, 11) is 0. The molecule has 0 bridgehead atoms. The first-order valence-electron chi connectivity index (χ1n) is 9.28. The maximum Gasteiger partial charge on any atom is 0.235 e. The molecule has 0 atom stereocenters. The number of halogens is 1. The molecule has 0 spiro atoms. The van der Waals surface area contributed by atoms with Gasteiger partial charge in [-0.2, -0.15) is 0 Å². The number of carbonyl (C=O) groups is 1. The number of hydrogen-bond donors (Lipinski definition) is 1. The molecule has 1 saturated carbocycles. The summed E-state index contributed by atoms with van der Waals surface area (Å²) in [6.07, 6.45) is 9.49. The summed E-state index contributed by atoms with van der Waals surface area (Å²) in [5, 5.41) is 3.16. The van der Waals surface area contributed by atoms with Crippen LogP contribution in [0.1, 0.15) is 36.8 Å². The van der Waals surface area contributed by atoms with Crippen LogP contribution < -0.4 is 5.32 Å². The molecule has 3 aromatic rings. The van der Waals surface area contributed by atoms with Crippen LogP contribution in [-0.2, 0) is 16.8 Å². The largest absolute Gasteiger partial charge is 0.333 e. The fourth-order valence-corrected chi connectivity index (χ4v) is 4.35. The van der Waals surface area contributed by atoms with E-state index in [-0.39, 0.29) is 5.91 Å². The number of benzene rings is 2. The average Bonchev–Trinajstić information content (AvgIpc) is 3.36. The summed E-state index contributed by atoms with van der Waals surface area (Å²) in [5.74, 6) is 0.0976. The van der Waals surface area contributed by atoms with E-state index in [1.807, 2.05) is 35.0 Å². The van der Waals surface area contributed by atoms with Crippen molar-refractivity contribution in [2.24, 2.45) is 0 Å². The predicted molar refractivity (Wildman–Crippen MR) is 111 cm³/mol. The Morgan fingerprint density at radius 1 is 1.15 bits per heavy atom. The van der Waals surface area contributed by atoms with Gasteiger partial charge in [0, 0.05) is 29.1 Å². The Kier molecular flexibility index (Phi) is 5.12. The average molecular weight is 424 g/mol. The van der Waals surface area contributed by atoms with Gasteiger partial charge in [-0.1, -0.05) is 53.0 Å². The molecule has 5 heteroatoms. The standard InChI is InChI=1S/C22H22BrN3O/c23-19-5-3-4-18(14-19)22(10-1-2-11-22)21(27)25-20-8-6-17(7-9-20)15-26-13-12-24-16-26/h3-9,12-14,16H,1-2,10-11,15H2,(H,25,27). The molecule has 0 saturated heterocycles. The third-order valence-electron chi connectivity index (χ3n) is 5.41. The van der Waals surface area contributed by atoms with Crippen molar-refractivity contribution in [2.75, 3.05) is 5.32 Å². The molecule has 0 radical (unpaired) electrons. The normalized spacial score (nSPS) is 15.6. The molecule has 1 aliphatic carbocycles. The summed E-state index contributed by atoms with van der Waals surface area (Å²) in [6, 6.07) is 16.2. The van der Waals surface area contributed by atoms with Crippen LogP contribution in [-0.4, -0.2) is 15.5 Å². The van der Waals surface area contributed by atoms with Gasteiger partial charge in [-0.25, -0.2) is 4.98 Å². The number of rotatable bonds is 5. The monoisotopic (exact) mass is 423 g/mol. The first kappa shape index (κ1) is 18.0. The third kappa shape index (κ3) is 3.83. The van der Waals surface area contributed by atoms with Crippen LogP contribution in [0.3, 0.4) is 0 Å². The lowest BCUT2D eigenvalue weighted by Crippen LogP contribution is -2.38. The zero-order chi connectivity index (χ0) is 18.7. The van der Waals surface area contributed by atoms with E-state index in [4.69, 9.17) is 0 Å². The summed E-state index contributed by atoms with van der Waals surface area (Å²) in [4.78, 5) is 17.3. The summed E-state index contributed by atoms with van der Waals surface area (Å²) >= 11 is 3.54. The Hall–Kier alpha value is -2.40. The highest BCUT2D eigenvalue weighted by atomic mass is 79.9. The first-order valence-corrected chi connectivity index (χ1v) is 10.1. The third-order valence-corrected chi connectivity index (χ3v) is 5.90. The van der Waals surface area contributed by atoms with Crippen LogP contribution in [0, 0.1) is 0 Å². The second kappa shape index (κ2) is 7.69. The van der Waals surface area contributed by atoms with Crippen LogP contribution in [0.2, 0.25) is 0 Å². The van der Waals surface area contributed by atoms with Crippen molar-refractivity contribution in [2.45, 2.75) is 37.6 Å². The number of amides is 1. The van der Waals surface area contributed by atoms with Gasteiger partial charge >= 0.3 is 0 Å². The molecule has 4 rings (SSSR count). The number of hydrogen-bond acceptors (Lipinski definition) is 2. The van der Waals surface area contributed by atoms with E-state index in [1.165, 1.54) is 5.56 Å². The van der Waals surface area contributed by atoms with Crippen LogP contribution in [0.25, 0.3) is 0 Å². The molecular weight excluding hydrogens is 402 g/mol. The number of aromatic nitrogens is 2. The highest BCUT2D eigenvalue weighted by molar-refractivity contribution is 9.10. The number of carbonyl (C=O) groups excluding carboxylic acids is 1. The molecule has 0 unspecified atom stereocenters. The topological polar surface area (TPSA) is 46.9 Å². The van der Waals surface area contributed by atoms with Crippen LogP contribution in [0.4, 0.5) is 5.69 Å². The van der Waals surface area contributed by atoms with E-state index in [9.17, 15) is 4.79 Å². The minimum absolute atomic E-state index is 0.0976. The van der Waals surface area contributed by atoms with Gasteiger partial charge in [-0.15, -0.1) is 0 Å². The maximum atomic E-state index is 13.3. The van der Waals surface area contributed by atoms with Gasteiger partial charge in [-0.3, -0.25) is 4.79 Å². The van der Waals surface area contributed by atoms with Crippen molar-refractivity contribution < 1.29 is 4.79 Å². The second-order valence-electron chi connectivity index (χ2n) is 7.19. The van der Waals surface area contributed by atoms with Gasteiger partial charge in [0.05, 0.1) is 11.7 Å². The molecule has 1 amide bonds. The molecule has 1 aliphatic rings. The number of imidazole rings is 1. The van der Waals surface area contributed by atoms with Crippen LogP contribution in [0.5, 0.6) is 0 Å². The van der Waals surface area contributed by atoms with Crippen molar-refractivity contribution in [3.8, 4) is 0 Å². The number of nitrogens with zero attached hydrogens (tertiary/aromatic N) is 2. The van der Waals surface area contributed by atoms with Gasteiger partial charge < -0.3 is 9.88 Å². The van der Waals surface area contributed by atoms with E-state index in [0.29, 0.717) is 0 Å². The molecule has 1 fully saturated rings. The van der Waals surface area contributed by atoms with Crippen molar-refractivity contribution in [3.63, 3.8) is 0 Å². The smallest absolute Gasteiger partial charge is 0.235 e. The summed E-state index contributed by atoms with van der Waals surface area (Å²) in [5.41, 5.74) is 2.69. The predicted octanol–water partition coefficient (Wildman–Crippen LogP) is 5.14. The fraction of sp³-hybridized carbons (Fsp3) is 0.273. The van der Waals surface area contributed by atoms with Gasteiger partial charge in [-0.05, 0) is 48.2 Å². The Morgan fingerprint density at radius 2 is 1.93 bits per heavy atom. The van der Waals surface area contributed by atoms with Crippen molar-refractivity contribution >= 4 is 27.5 Å². The van der Waals surface area contributed by atoms with E-state index < -0.39 is 5.41 Å². The molecule has 0 aliphatic heterocycles. The molecule has 2 aromatic carbocycles. The second-order valence-corrected chi connectivity index (χ2v) is 8.10. The lowest BCUT2D eigenvalue weighted by atomic mass is 9.78. The van der Waals surface area contributed by atoms with Gasteiger partial charge in [0.25, 0.3) is 0 Å². The molecular formula is C22H22BrN3O. The highest BCUT2D eigenvalue weighted by Gasteiger charge is 2.42. The molecule has 1 heterocycles. The molecule has 1 N–H and O–H groups in total. The maximum absolute atomic E-state index is 13.3. The van der Waals surface area contributed by atoms with E-state index >= 15 is 0 Å². The van der Waals surface area contributed by atoms with Gasteiger partial charge in [0.2, 0.25) is 5.91 Å². The van der Waals surface area contributed by atoms with Crippen molar-refractivity contribution in [3.05, 3.63) is 82.9 Å². The van der Waals surface area contributed by atoms with Crippen LogP contribution >= 0.6 is 15.9 Å². The van der Waals surface area contributed by atoms with Crippen molar-refractivity contribution in [1.29, 1.82) is 0 Å². The highest BCUT2D eigenvalue weighted by Crippen LogP contribution is 2.42. The van der Waals surface area contributed by atoms with E-state index in [0.717, 1.165) is 48.0 Å². The Bertz CT molecular complexity index is 913. The molecule has 138 valence electrons. The molecule has 1 aromatic heterocycles. The van der Waals surface area contributed by atoms with Crippen LogP contribution in [0.15, 0.2) is 71.7 Å². The Balaban J connectivity index is 1.51. The lowest BCUT2D eigenvalue weighted by Gasteiger charge is -2.28. The number of anilines is 1. The first-order chi connectivity index (χ1) is 13.2. The zero-order valence-corrected chi connectivity index (χ0v) is 16.7. The van der Waals surface area contributed by atoms with E-state index in [2.05, 4.69) is 50.5 Å². The summed E-state index contributed by atoms with van der Waals surface area (Å²) in [6.45, 7) is 0.774. The molecule has 27 heavy (non-hydrogen) atoms. The summed E-state index contributed by atoms with van der Waals surface area (Å²) < 4.78 is 3.04. The minimum atomic E-state index is -0.431. The van der Waals surface area contributed by atoms with Gasteiger partial charge in [0.1, 0.15) is 0 Å². The quantitative estimate of drug-likeness (QED) is 0.616. The van der Waals surface area contributed by atoms with Crippen molar-refractivity contribution in [1.82, 2.24) is 9.55 Å². The lowest BCUT2D eigenvalue weighted by molar-refractivity contribution is -0.121. The zero-order valence-electron chi connectivity index (χ0n) is 15.1. The number of nitrogens with one attached hydrogen (secondary N) is 1. The Labute approximate surface area is 167 Å². The van der Waals surface area contributed by atoms with E-state index in [1.54, 1.807) is 12.5 Å². The van der Waals surface area contributed by atoms with Gasteiger partial charge in [0.15, 0.2) is 0 Å². The SMILES string of the molecule is O=C(Nc1ccc(Cn2ccnc2)cc1)C1(c2cccc(Br)c2)CCCC1.